The third-order valence-electron chi connectivity index (χ3n) is 4.90. The van der Waals surface area contributed by atoms with Crippen LogP contribution < -0.4 is 15.6 Å². The molecule has 2 N–H and O–H groups in total. The first-order valence-electron chi connectivity index (χ1n) is 9.63. The number of H-pyrrole nitrogens is 1. The molecule has 30 heavy (non-hydrogen) atoms. The zero-order valence-corrected chi connectivity index (χ0v) is 16.7. The van der Waals surface area contributed by atoms with E-state index < -0.39 is 0 Å². The number of hydrogen-bond acceptors (Lipinski definition) is 5. The van der Waals surface area contributed by atoms with Crippen LogP contribution in [0, 0.1) is 12.7 Å². The molecule has 154 valence electrons. The SMILES string of the molecule is COc1cccc2cc(CNC(Cc3cc(=O)[nH]c(C)n3)c3ccc(F)cc3)oc12. The maximum absolute atomic E-state index is 13.4. The van der Waals surface area contributed by atoms with Gasteiger partial charge in [-0.2, -0.15) is 0 Å². The molecule has 0 bridgehead atoms. The average molecular weight is 407 g/mol. The van der Waals surface area contributed by atoms with E-state index in [1.807, 2.05) is 24.3 Å². The van der Waals surface area contributed by atoms with Crippen molar-refractivity contribution in [1.29, 1.82) is 0 Å². The maximum Gasteiger partial charge on any atom is 0.251 e. The number of benzene rings is 2. The van der Waals surface area contributed by atoms with Crippen molar-refractivity contribution < 1.29 is 13.5 Å². The molecule has 0 aliphatic rings. The Labute approximate surface area is 172 Å². The smallest absolute Gasteiger partial charge is 0.251 e. The number of ether oxygens (including phenoxy) is 1. The number of nitrogens with zero attached hydrogens (tertiary/aromatic N) is 1. The molecule has 0 fully saturated rings. The summed E-state index contributed by atoms with van der Waals surface area (Å²) in [5.74, 6) is 1.68. The van der Waals surface area contributed by atoms with Gasteiger partial charge in [0, 0.05) is 29.6 Å². The number of methoxy groups -OCH3 is 1. The summed E-state index contributed by atoms with van der Waals surface area (Å²) in [6.45, 7) is 2.19. The van der Waals surface area contributed by atoms with Gasteiger partial charge >= 0.3 is 0 Å². The van der Waals surface area contributed by atoms with Crippen molar-refractivity contribution in [2.75, 3.05) is 7.11 Å². The molecule has 7 heteroatoms. The Morgan fingerprint density at radius 2 is 2.00 bits per heavy atom. The van der Waals surface area contributed by atoms with E-state index in [0.717, 1.165) is 16.7 Å². The number of furan rings is 1. The molecule has 0 aliphatic heterocycles. The van der Waals surface area contributed by atoms with Crippen LogP contribution in [0.1, 0.15) is 28.9 Å². The molecule has 4 rings (SSSR count). The van der Waals surface area contributed by atoms with Crippen LogP contribution in [0.3, 0.4) is 0 Å². The number of halogens is 1. The molecule has 0 saturated heterocycles. The molecule has 0 amide bonds. The van der Waals surface area contributed by atoms with Crippen molar-refractivity contribution in [3.8, 4) is 5.75 Å². The van der Waals surface area contributed by atoms with Gasteiger partial charge in [-0.1, -0.05) is 24.3 Å². The predicted molar refractivity (Wildman–Crippen MR) is 112 cm³/mol. The first kappa shape index (κ1) is 19.8. The highest BCUT2D eigenvalue weighted by atomic mass is 19.1. The zero-order valence-electron chi connectivity index (χ0n) is 16.7. The van der Waals surface area contributed by atoms with Crippen molar-refractivity contribution in [3.63, 3.8) is 0 Å². The highest BCUT2D eigenvalue weighted by Gasteiger charge is 2.16. The molecular weight excluding hydrogens is 385 g/mol. The molecule has 2 aromatic heterocycles. The number of aryl methyl sites for hydroxylation is 1. The van der Waals surface area contributed by atoms with E-state index in [4.69, 9.17) is 9.15 Å². The van der Waals surface area contributed by atoms with Crippen molar-refractivity contribution in [3.05, 3.63) is 93.6 Å². The van der Waals surface area contributed by atoms with E-state index in [9.17, 15) is 9.18 Å². The van der Waals surface area contributed by atoms with E-state index in [-0.39, 0.29) is 17.4 Å². The Hall–Kier alpha value is -3.45. The number of hydrogen-bond donors (Lipinski definition) is 2. The predicted octanol–water partition coefficient (Wildman–Crippen LogP) is 4.05. The lowest BCUT2D eigenvalue weighted by molar-refractivity contribution is 0.403. The van der Waals surface area contributed by atoms with E-state index in [1.165, 1.54) is 18.2 Å². The summed E-state index contributed by atoms with van der Waals surface area (Å²) in [5, 5.41) is 4.40. The molecule has 6 nitrogen and oxygen atoms in total. The zero-order chi connectivity index (χ0) is 21.1. The summed E-state index contributed by atoms with van der Waals surface area (Å²) in [4.78, 5) is 18.9. The second kappa shape index (κ2) is 8.51. The fourth-order valence-electron chi connectivity index (χ4n) is 3.52. The van der Waals surface area contributed by atoms with Gasteiger partial charge in [0.1, 0.15) is 17.4 Å². The van der Waals surface area contributed by atoms with Crippen molar-refractivity contribution in [2.45, 2.75) is 25.9 Å². The molecule has 1 unspecified atom stereocenters. The number of aromatic nitrogens is 2. The minimum absolute atomic E-state index is 0.186. The maximum atomic E-state index is 13.4. The Morgan fingerprint density at radius 1 is 1.20 bits per heavy atom. The molecule has 1 atom stereocenters. The molecule has 0 saturated carbocycles. The van der Waals surface area contributed by atoms with Crippen LogP contribution in [0.2, 0.25) is 0 Å². The van der Waals surface area contributed by atoms with E-state index in [1.54, 1.807) is 26.2 Å². The van der Waals surface area contributed by atoms with Crippen LogP contribution in [0.15, 0.2) is 63.8 Å². The molecule has 2 aromatic carbocycles. The topological polar surface area (TPSA) is 80.1 Å². The van der Waals surface area contributed by atoms with Crippen LogP contribution in [-0.2, 0) is 13.0 Å². The van der Waals surface area contributed by atoms with Gasteiger partial charge in [0.15, 0.2) is 11.3 Å². The van der Waals surface area contributed by atoms with E-state index in [2.05, 4.69) is 15.3 Å². The number of aromatic amines is 1. The molecule has 0 radical (unpaired) electrons. The highest BCUT2D eigenvalue weighted by molar-refractivity contribution is 5.83. The Balaban J connectivity index is 1.59. The molecule has 2 heterocycles. The van der Waals surface area contributed by atoms with Gasteiger partial charge in [-0.15, -0.1) is 0 Å². The summed E-state index contributed by atoms with van der Waals surface area (Å²) < 4.78 is 24.7. The Bertz CT molecular complexity index is 1210. The normalized spacial score (nSPS) is 12.2. The van der Waals surface area contributed by atoms with Crippen LogP contribution in [0.5, 0.6) is 5.75 Å². The lowest BCUT2D eigenvalue weighted by Gasteiger charge is -2.18. The molecule has 4 aromatic rings. The van der Waals surface area contributed by atoms with Gasteiger partial charge in [-0.25, -0.2) is 9.37 Å². The third kappa shape index (κ3) is 4.41. The highest BCUT2D eigenvalue weighted by Crippen LogP contribution is 2.29. The van der Waals surface area contributed by atoms with E-state index >= 15 is 0 Å². The number of nitrogens with one attached hydrogen (secondary N) is 2. The van der Waals surface area contributed by atoms with Crippen LogP contribution >= 0.6 is 0 Å². The Kier molecular flexibility index (Phi) is 5.63. The molecule has 0 aliphatic carbocycles. The fraction of sp³-hybridized carbons (Fsp3) is 0.217. The fourth-order valence-corrected chi connectivity index (χ4v) is 3.52. The third-order valence-corrected chi connectivity index (χ3v) is 4.90. The summed E-state index contributed by atoms with van der Waals surface area (Å²) in [6, 6.07) is 15.3. The standard InChI is InChI=1S/C23H22FN3O3/c1-14-26-18(12-22(28)27-14)11-20(15-6-8-17(24)9-7-15)25-13-19-10-16-4-3-5-21(29-2)23(16)30-19/h3-10,12,20,25H,11,13H2,1-2H3,(H,26,27,28). The summed E-state index contributed by atoms with van der Waals surface area (Å²) in [6.07, 6.45) is 0.472. The number of rotatable bonds is 7. The van der Waals surface area contributed by atoms with Gasteiger partial charge in [0.05, 0.1) is 13.7 Å². The molecule has 0 spiro atoms. The first-order valence-corrected chi connectivity index (χ1v) is 9.63. The first-order chi connectivity index (χ1) is 14.5. The second-order valence-electron chi connectivity index (χ2n) is 7.10. The van der Waals surface area contributed by atoms with Crippen molar-refractivity contribution in [1.82, 2.24) is 15.3 Å². The minimum atomic E-state index is -0.299. The summed E-state index contributed by atoms with van der Waals surface area (Å²) in [5.41, 5.74) is 2.05. The van der Waals surface area contributed by atoms with Crippen molar-refractivity contribution in [2.24, 2.45) is 0 Å². The van der Waals surface area contributed by atoms with Crippen LogP contribution in [-0.4, -0.2) is 17.1 Å². The van der Waals surface area contributed by atoms with E-state index in [0.29, 0.717) is 35.8 Å². The monoisotopic (exact) mass is 407 g/mol. The lowest BCUT2D eigenvalue weighted by atomic mass is 10.0. The van der Waals surface area contributed by atoms with Crippen LogP contribution in [0.25, 0.3) is 11.0 Å². The minimum Gasteiger partial charge on any atom is -0.493 e. The van der Waals surface area contributed by atoms with Gasteiger partial charge in [-0.3, -0.25) is 4.79 Å². The van der Waals surface area contributed by atoms with Gasteiger partial charge in [-0.05, 0) is 36.8 Å². The number of para-hydroxylation sites is 1. The Morgan fingerprint density at radius 3 is 2.73 bits per heavy atom. The largest absolute Gasteiger partial charge is 0.493 e. The van der Waals surface area contributed by atoms with Gasteiger partial charge < -0.3 is 19.5 Å². The summed E-state index contributed by atoms with van der Waals surface area (Å²) in [7, 11) is 1.61. The quantitative estimate of drug-likeness (QED) is 0.483. The van der Waals surface area contributed by atoms with Gasteiger partial charge in [0.2, 0.25) is 0 Å². The lowest BCUT2D eigenvalue weighted by Crippen LogP contribution is -2.24. The van der Waals surface area contributed by atoms with Gasteiger partial charge in [0.25, 0.3) is 5.56 Å². The van der Waals surface area contributed by atoms with Crippen molar-refractivity contribution >= 4 is 11.0 Å². The summed E-state index contributed by atoms with van der Waals surface area (Å²) >= 11 is 0. The molecular formula is C23H22FN3O3. The second-order valence-corrected chi connectivity index (χ2v) is 7.10. The average Bonchev–Trinajstić information content (AvgIpc) is 3.14. The van der Waals surface area contributed by atoms with Crippen LogP contribution in [0.4, 0.5) is 4.39 Å². The number of fused-ring (bicyclic) bond motifs is 1.